The Bertz CT molecular complexity index is 1120. The van der Waals surface area contributed by atoms with Crippen LogP contribution in [0.25, 0.3) is 16.7 Å². The number of pyridine rings is 1. The van der Waals surface area contributed by atoms with Crippen LogP contribution in [-0.4, -0.2) is 32.2 Å². The molecule has 1 saturated carbocycles. The van der Waals surface area contributed by atoms with Gasteiger partial charge < -0.3 is 5.32 Å². The monoisotopic (exact) mass is 436 g/mol. The van der Waals surface area contributed by atoms with Crippen molar-refractivity contribution in [2.45, 2.75) is 56.4 Å². The smallest absolute Gasteiger partial charge is 0.267 e. The van der Waals surface area contributed by atoms with E-state index in [1.165, 1.54) is 48.4 Å². The number of hydrogen-bond donors (Lipinski definition) is 1. The number of fused-ring (bicyclic) bond motifs is 1. The molecule has 1 aromatic carbocycles. The number of amides is 1. The van der Waals surface area contributed by atoms with Gasteiger partial charge in [-0.2, -0.15) is 0 Å². The van der Waals surface area contributed by atoms with Gasteiger partial charge in [-0.3, -0.25) is 9.59 Å². The second-order valence-electron chi connectivity index (χ2n) is 8.26. The first kappa shape index (κ1) is 21.6. The molecule has 1 amide bonds. The molecular weight excluding hydrogens is 408 g/mol. The number of nitrogens with zero attached hydrogens (tertiary/aromatic N) is 3. The predicted octanol–water partition coefficient (Wildman–Crippen LogP) is 4.27. The molecule has 2 aromatic heterocycles. The second kappa shape index (κ2) is 9.64. The maximum atomic E-state index is 13.3. The molecule has 31 heavy (non-hydrogen) atoms. The Labute approximate surface area is 186 Å². The van der Waals surface area contributed by atoms with Crippen molar-refractivity contribution in [1.29, 1.82) is 0 Å². The summed E-state index contributed by atoms with van der Waals surface area (Å²) >= 11 is 1.29. The Hall–Kier alpha value is -2.67. The van der Waals surface area contributed by atoms with Crippen molar-refractivity contribution in [3.63, 3.8) is 0 Å². The Morgan fingerprint density at radius 2 is 1.97 bits per heavy atom. The summed E-state index contributed by atoms with van der Waals surface area (Å²) in [5.74, 6) is 1.05. The van der Waals surface area contributed by atoms with Crippen molar-refractivity contribution in [3.8, 4) is 5.82 Å². The average Bonchev–Trinajstić information content (AvgIpc) is 2.79. The summed E-state index contributed by atoms with van der Waals surface area (Å²) in [6.07, 6.45) is 7.91. The largest absolute Gasteiger partial charge is 0.355 e. The van der Waals surface area contributed by atoms with Crippen LogP contribution in [0.3, 0.4) is 0 Å². The molecule has 0 radical (unpaired) electrons. The Balaban J connectivity index is 1.61. The van der Waals surface area contributed by atoms with E-state index >= 15 is 0 Å². The molecule has 1 aliphatic rings. The highest BCUT2D eigenvalue weighted by atomic mass is 32.2. The zero-order valence-electron chi connectivity index (χ0n) is 18.0. The molecule has 6 nitrogen and oxygen atoms in total. The number of rotatable bonds is 6. The van der Waals surface area contributed by atoms with Gasteiger partial charge in [0.2, 0.25) is 5.91 Å². The van der Waals surface area contributed by atoms with Gasteiger partial charge in [0, 0.05) is 12.7 Å². The van der Waals surface area contributed by atoms with Gasteiger partial charge in [-0.15, -0.1) is 0 Å². The van der Waals surface area contributed by atoms with Crippen LogP contribution in [-0.2, 0) is 4.79 Å². The number of para-hydroxylation sites is 1. The quantitative estimate of drug-likeness (QED) is 0.461. The van der Waals surface area contributed by atoms with E-state index in [9.17, 15) is 9.59 Å². The maximum absolute atomic E-state index is 13.3. The van der Waals surface area contributed by atoms with Crippen LogP contribution in [0.4, 0.5) is 0 Å². The van der Waals surface area contributed by atoms with Crippen LogP contribution >= 0.6 is 11.8 Å². The average molecular weight is 437 g/mol. The number of carbonyl (C=O) groups is 1. The van der Waals surface area contributed by atoms with E-state index in [1.54, 1.807) is 12.3 Å². The number of aryl methyl sites for hydroxylation is 1. The van der Waals surface area contributed by atoms with Gasteiger partial charge in [-0.25, -0.2) is 14.5 Å². The van der Waals surface area contributed by atoms with Gasteiger partial charge in [0.15, 0.2) is 5.16 Å². The Morgan fingerprint density at radius 1 is 1.19 bits per heavy atom. The minimum Gasteiger partial charge on any atom is -0.355 e. The van der Waals surface area contributed by atoms with Gasteiger partial charge in [0.25, 0.3) is 5.56 Å². The van der Waals surface area contributed by atoms with E-state index in [0.717, 1.165) is 12.1 Å². The summed E-state index contributed by atoms with van der Waals surface area (Å²) in [6.45, 7) is 4.53. The molecule has 3 aromatic rings. The van der Waals surface area contributed by atoms with Crippen LogP contribution in [0.1, 0.15) is 44.6 Å². The van der Waals surface area contributed by atoms with Crippen molar-refractivity contribution in [2.24, 2.45) is 5.92 Å². The van der Waals surface area contributed by atoms with Crippen LogP contribution < -0.4 is 10.9 Å². The lowest BCUT2D eigenvalue weighted by Crippen LogP contribution is -2.35. The molecule has 162 valence electrons. The fraction of sp³-hybridized carbons (Fsp3) is 0.417. The lowest BCUT2D eigenvalue weighted by molar-refractivity contribution is -0.120. The van der Waals surface area contributed by atoms with Crippen molar-refractivity contribution >= 4 is 28.6 Å². The summed E-state index contributed by atoms with van der Waals surface area (Å²) in [5, 5.41) is 3.72. The van der Waals surface area contributed by atoms with Crippen LogP contribution in [0, 0.1) is 12.8 Å². The molecule has 1 fully saturated rings. The molecule has 0 bridgehead atoms. The third kappa shape index (κ3) is 4.98. The number of nitrogens with one attached hydrogen (secondary N) is 1. The van der Waals surface area contributed by atoms with E-state index in [0.29, 0.717) is 27.8 Å². The number of thioether (sulfide) groups is 1. The fourth-order valence-electron chi connectivity index (χ4n) is 3.98. The molecule has 0 aliphatic heterocycles. The standard InChI is InChI=1S/C24H28N4O2S/c1-16-12-13-21(25-14-16)28-23(30)19-10-6-7-11-20(19)27-24(28)31-17(2)22(29)26-15-18-8-4-3-5-9-18/h6-7,10-14,17-18H,3-5,8-9,15H2,1-2H3,(H,26,29). The van der Waals surface area contributed by atoms with Crippen LogP contribution in [0.15, 0.2) is 52.5 Å². The lowest BCUT2D eigenvalue weighted by atomic mass is 9.89. The van der Waals surface area contributed by atoms with Gasteiger partial charge in [0.1, 0.15) is 5.82 Å². The highest BCUT2D eigenvalue weighted by Gasteiger charge is 2.22. The van der Waals surface area contributed by atoms with Crippen LogP contribution in [0.2, 0.25) is 0 Å². The molecule has 0 spiro atoms. The summed E-state index contributed by atoms with van der Waals surface area (Å²) < 4.78 is 1.51. The Morgan fingerprint density at radius 3 is 2.71 bits per heavy atom. The first-order chi connectivity index (χ1) is 15.0. The molecular formula is C24H28N4O2S. The van der Waals surface area contributed by atoms with Crippen molar-refractivity contribution in [2.75, 3.05) is 6.54 Å². The van der Waals surface area contributed by atoms with E-state index < -0.39 is 0 Å². The maximum Gasteiger partial charge on any atom is 0.267 e. The molecule has 2 heterocycles. The SMILES string of the molecule is Cc1ccc(-n2c(SC(C)C(=O)NCC3CCCCC3)nc3ccccc3c2=O)nc1. The summed E-state index contributed by atoms with van der Waals surface area (Å²) in [7, 11) is 0. The highest BCUT2D eigenvalue weighted by Crippen LogP contribution is 2.26. The number of aromatic nitrogens is 3. The van der Waals surface area contributed by atoms with Crippen molar-refractivity contribution in [1.82, 2.24) is 19.9 Å². The predicted molar refractivity (Wildman–Crippen MR) is 125 cm³/mol. The molecule has 4 rings (SSSR count). The zero-order valence-corrected chi connectivity index (χ0v) is 18.8. The first-order valence-electron chi connectivity index (χ1n) is 10.9. The Kier molecular flexibility index (Phi) is 6.70. The molecule has 1 N–H and O–H groups in total. The highest BCUT2D eigenvalue weighted by molar-refractivity contribution is 8.00. The van der Waals surface area contributed by atoms with Gasteiger partial charge >= 0.3 is 0 Å². The normalized spacial score (nSPS) is 15.7. The van der Waals surface area contributed by atoms with Gasteiger partial charge in [0.05, 0.1) is 16.2 Å². The zero-order chi connectivity index (χ0) is 21.8. The number of hydrogen-bond acceptors (Lipinski definition) is 5. The molecule has 7 heteroatoms. The van der Waals surface area contributed by atoms with Gasteiger partial charge in [-0.1, -0.05) is 49.2 Å². The van der Waals surface area contributed by atoms with E-state index in [2.05, 4.69) is 10.3 Å². The van der Waals surface area contributed by atoms with Crippen molar-refractivity contribution < 1.29 is 4.79 Å². The van der Waals surface area contributed by atoms with E-state index in [4.69, 9.17) is 4.98 Å². The molecule has 1 atom stereocenters. The summed E-state index contributed by atoms with van der Waals surface area (Å²) in [5.41, 5.74) is 1.45. The van der Waals surface area contributed by atoms with E-state index in [-0.39, 0.29) is 16.7 Å². The van der Waals surface area contributed by atoms with E-state index in [1.807, 2.05) is 44.2 Å². The minimum atomic E-state index is -0.381. The topological polar surface area (TPSA) is 76.9 Å². The molecule has 1 aliphatic carbocycles. The summed E-state index contributed by atoms with van der Waals surface area (Å²) in [6, 6.07) is 11.0. The van der Waals surface area contributed by atoms with Crippen molar-refractivity contribution in [3.05, 3.63) is 58.5 Å². The molecule has 0 saturated heterocycles. The van der Waals surface area contributed by atoms with Crippen LogP contribution in [0.5, 0.6) is 0 Å². The first-order valence-corrected chi connectivity index (χ1v) is 11.8. The van der Waals surface area contributed by atoms with Gasteiger partial charge in [-0.05, 0) is 56.4 Å². The third-order valence-corrected chi connectivity index (χ3v) is 6.86. The fourth-order valence-corrected chi connectivity index (χ4v) is 4.92. The second-order valence-corrected chi connectivity index (χ2v) is 9.56. The summed E-state index contributed by atoms with van der Waals surface area (Å²) in [4.78, 5) is 35.2. The molecule has 1 unspecified atom stereocenters. The number of benzene rings is 1. The lowest BCUT2D eigenvalue weighted by Gasteiger charge is -2.22. The third-order valence-electron chi connectivity index (χ3n) is 5.81. The number of carbonyl (C=O) groups excluding carboxylic acids is 1. The minimum absolute atomic E-state index is 0.0265.